The van der Waals surface area contributed by atoms with Crippen LogP contribution in [-0.4, -0.2) is 49.6 Å². The van der Waals surface area contributed by atoms with Gasteiger partial charge in [-0.25, -0.2) is 0 Å². The lowest BCUT2D eigenvalue weighted by molar-refractivity contribution is -0.141. The molecule has 0 aliphatic carbocycles. The molecule has 0 aromatic heterocycles. The standard InChI is InChI=1S/C15H30N2O3/c1-12(2)11-17(10-8-15(19)20-5)14(18)7-6-9-16-13(3)4/h12-13,16H,6-11H2,1-5H3. The Morgan fingerprint density at radius 2 is 1.80 bits per heavy atom. The Morgan fingerprint density at radius 1 is 1.15 bits per heavy atom. The smallest absolute Gasteiger partial charge is 0.307 e. The summed E-state index contributed by atoms with van der Waals surface area (Å²) in [7, 11) is 1.37. The van der Waals surface area contributed by atoms with Crippen molar-refractivity contribution < 1.29 is 14.3 Å². The topological polar surface area (TPSA) is 58.6 Å². The molecule has 0 fully saturated rings. The number of nitrogens with zero attached hydrogens (tertiary/aromatic N) is 1. The van der Waals surface area contributed by atoms with Gasteiger partial charge in [0.2, 0.25) is 5.91 Å². The molecule has 0 aliphatic rings. The zero-order valence-electron chi connectivity index (χ0n) is 13.6. The molecule has 20 heavy (non-hydrogen) atoms. The van der Waals surface area contributed by atoms with E-state index in [4.69, 9.17) is 0 Å². The van der Waals surface area contributed by atoms with Crippen molar-refractivity contribution in [2.75, 3.05) is 26.7 Å². The number of amides is 1. The van der Waals surface area contributed by atoms with Gasteiger partial charge in [0.05, 0.1) is 13.5 Å². The van der Waals surface area contributed by atoms with Crippen molar-refractivity contribution in [3.05, 3.63) is 0 Å². The van der Waals surface area contributed by atoms with Crippen molar-refractivity contribution in [2.24, 2.45) is 5.92 Å². The highest BCUT2D eigenvalue weighted by molar-refractivity contribution is 5.77. The maximum Gasteiger partial charge on any atom is 0.307 e. The predicted octanol–water partition coefficient (Wildman–Crippen LogP) is 1.81. The zero-order valence-corrected chi connectivity index (χ0v) is 13.6. The van der Waals surface area contributed by atoms with E-state index < -0.39 is 0 Å². The van der Waals surface area contributed by atoms with Crippen molar-refractivity contribution in [2.45, 2.75) is 53.0 Å². The number of hydrogen-bond acceptors (Lipinski definition) is 4. The minimum absolute atomic E-state index is 0.119. The van der Waals surface area contributed by atoms with Crippen molar-refractivity contribution >= 4 is 11.9 Å². The molecule has 118 valence electrons. The maximum absolute atomic E-state index is 12.2. The molecule has 0 unspecified atom stereocenters. The first-order valence-electron chi connectivity index (χ1n) is 7.44. The Kier molecular flexibility index (Phi) is 10.1. The summed E-state index contributed by atoms with van der Waals surface area (Å²) in [6.07, 6.45) is 1.61. The molecular weight excluding hydrogens is 256 g/mol. The van der Waals surface area contributed by atoms with E-state index in [0.29, 0.717) is 31.5 Å². The average Bonchev–Trinajstić information content (AvgIpc) is 2.38. The van der Waals surface area contributed by atoms with Gasteiger partial charge in [-0.3, -0.25) is 9.59 Å². The van der Waals surface area contributed by atoms with Gasteiger partial charge in [-0.15, -0.1) is 0 Å². The van der Waals surface area contributed by atoms with E-state index in [2.05, 4.69) is 37.7 Å². The van der Waals surface area contributed by atoms with Crippen LogP contribution in [-0.2, 0) is 14.3 Å². The summed E-state index contributed by atoms with van der Waals surface area (Å²) in [4.78, 5) is 25.1. The molecule has 5 nitrogen and oxygen atoms in total. The van der Waals surface area contributed by atoms with E-state index in [1.807, 2.05) is 0 Å². The number of esters is 1. The molecule has 0 saturated heterocycles. The second-order valence-corrected chi connectivity index (χ2v) is 5.77. The van der Waals surface area contributed by atoms with Crippen LogP contribution in [0.5, 0.6) is 0 Å². The molecule has 1 N–H and O–H groups in total. The third-order valence-corrected chi connectivity index (χ3v) is 2.87. The van der Waals surface area contributed by atoms with Crippen LogP contribution in [0.15, 0.2) is 0 Å². The van der Waals surface area contributed by atoms with Crippen molar-refractivity contribution in [1.29, 1.82) is 0 Å². The molecule has 0 aromatic rings. The van der Waals surface area contributed by atoms with Gasteiger partial charge in [0.1, 0.15) is 0 Å². The van der Waals surface area contributed by atoms with Gasteiger partial charge in [-0.1, -0.05) is 27.7 Å². The quantitative estimate of drug-likeness (QED) is 0.491. The lowest BCUT2D eigenvalue weighted by Gasteiger charge is -2.24. The summed E-state index contributed by atoms with van der Waals surface area (Å²) in [5, 5.41) is 3.30. The van der Waals surface area contributed by atoms with Gasteiger partial charge in [0.15, 0.2) is 0 Å². The summed E-state index contributed by atoms with van der Waals surface area (Å²) in [5.41, 5.74) is 0. The Bertz CT molecular complexity index is 291. The second kappa shape index (κ2) is 10.7. The summed E-state index contributed by atoms with van der Waals surface area (Å²) in [6.45, 7) is 10.3. The molecule has 0 aliphatic heterocycles. The molecule has 0 aromatic carbocycles. The molecule has 0 atom stereocenters. The first-order valence-corrected chi connectivity index (χ1v) is 7.44. The van der Waals surface area contributed by atoms with Crippen LogP contribution >= 0.6 is 0 Å². The lowest BCUT2D eigenvalue weighted by Crippen LogP contribution is -2.36. The SMILES string of the molecule is COC(=O)CCN(CC(C)C)C(=O)CCCNC(C)C. The molecule has 0 rings (SSSR count). The Balaban J connectivity index is 4.16. The first kappa shape index (κ1) is 18.9. The minimum atomic E-state index is -0.270. The van der Waals surface area contributed by atoms with Crippen LogP contribution in [0.25, 0.3) is 0 Å². The van der Waals surface area contributed by atoms with Gasteiger partial charge in [0, 0.05) is 25.6 Å². The fraction of sp³-hybridized carbons (Fsp3) is 0.867. The van der Waals surface area contributed by atoms with Crippen molar-refractivity contribution in [1.82, 2.24) is 10.2 Å². The lowest BCUT2D eigenvalue weighted by atomic mass is 10.1. The Hall–Kier alpha value is -1.10. The van der Waals surface area contributed by atoms with Crippen LogP contribution in [0.2, 0.25) is 0 Å². The van der Waals surface area contributed by atoms with Crippen molar-refractivity contribution in [3.63, 3.8) is 0 Å². The molecular formula is C15H30N2O3. The highest BCUT2D eigenvalue weighted by Gasteiger charge is 2.16. The van der Waals surface area contributed by atoms with Crippen LogP contribution in [0.3, 0.4) is 0 Å². The van der Waals surface area contributed by atoms with Gasteiger partial charge in [-0.05, 0) is 18.9 Å². The molecule has 1 amide bonds. The third-order valence-electron chi connectivity index (χ3n) is 2.87. The monoisotopic (exact) mass is 286 g/mol. The number of nitrogens with one attached hydrogen (secondary N) is 1. The highest BCUT2D eigenvalue weighted by Crippen LogP contribution is 2.05. The molecule has 0 saturated carbocycles. The van der Waals surface area contributed by atoms with E-state index in [0.717, 1.165) is 13.0 Å². The van der Waals surface area contributed by atoms with E-state index in [9.17, 15) is 9.59 Å². The minimum Gasteiger partial charge on any atom is -0.469 e. The van der Waals surface area contributed by atoms with Crippen LogP contribution in [0, 0.1) is 5.92 Å². The molecule has 0 spiro atoms. The molecule has 5 heteroatoms. The van der Waals surface area contributed by atoms with Gasteiger partial charge >= 0.3 is 5.97 Å². The van der Waals surface area contributed by atoms with Crippen LogP contribution in [0.4, 0.5) is 0 Å². The predicted molar refractivity (Wildman–Crippen MR) is 80.4 cm³/mol. The van der Waals surface area contributed by atoms with Crippen LogP contribution in [0.1, 0.15) is 47.0 Å². The first-order chi connectivity index (χ1) is 9.36. The number of rotatable bonds is 10. The Morgan fingerprint density at radius 3 is 2.30 bits per heavy atom. The molecule has 0 heterocycles. The van der Waals surface area contributed by atoms with E-state index in [1.54, 1.807) is 4.90 Å². The summed E-state index contributed by atoms with van der Waals surface area (Å²) in [6, 6.07) is 0.441. The molecule has 0 radical (unpaired) electrons. The normalized spacial score (nSPS) is 10.9. The number of hydrogen-bond donors (Lipinski definition) is 1. The van der Waals surface area contributed by atoms with E-state index in [1.165, 1.54) is 7.11 Å². The third kappa shape index (κ3) is 9.78. The number of methoxy groups -OCH3 is 1. The van der Waals surface area contributed by atoms with Gasteiger partial charge in [-0.2, -0.15) is 0 Å². The highest BCUT2D eigenvalue weighted by atomic mass is 16.5. The average molecular weight is 286 g/mol. The van der Waals surface area contributed by atoms with E-state index in [-0.39, 0.29) is 18.3 Å². The van der Waals surface area contributed by atoms with Crippen molar-refractivity contribution in [3.8, 4) is 0 Å². The largest absolute Gasteiger partial charge is 0.469 e. The summed E-state index contributed by atoms with van der Waals surface area (Å²) >= 11 is 0. The number of ether oxygens (including phenoxy) is 1. The summed E-state index contributed by atoms with van der Waals surface area (Å²) in [5.74, 6) is 0.242. The van der Waals surface area contributed by atoms with Gasteiger partial charge in [0.25, 0.3) is 0 Å². The maximum atomic E-state index is 12.2. The Labute approximate surface area is 123 Å². The number of carbonyl (C=O) groups is 2. The zero-order chi connectivity index (χ0) is 15.5. The van der Waals surface area contributed by atoms with E-state index >= 15 is 0 Å². The summed E-state index contributed by atoms with van der Waals surface area (Å²) < 4.78 is 4.62. The number of carbonyl (C=O) groups excluding carboxylic acids is 2. The second-order valence-electron chi connectivity index (χ2n) is 5.77. The fourth-order valence-electron chi connectivity index (χ4n) is 1.88. The molecule has 0 bridgehead atoms. The van der Waals surface area contributed by atoms with Crippen LogP contribution < -0.4 is 5.32 Å². The van der Waals surface area contributed by atoms with Gasteiger partial charge < -0.3 is 15.0 Å². The fourth-order valence-corrected chi connectivity index (χ4v) is 1.88.